The summed E-state index contributed by atoms with van der Waals surface area (Å²) < 4.78 is 0. The Morgan fingerprint density at radius 2 is 2.25 bits per heavy atom. The molecule has 5 nitrogen and oxygen atoms in total. The zero-order valence-corrected chi connectivity index (χ0v) is 9.24. The van der Waals surface area contributed by atoms with Gasteiger partial charge in [0.05, 0.1) is 22.9 Å². The SMILES string of the molecule is CC(C)(N)C(=O)Nc1cccc2cn[nH]c12. The van der Waals surface area contributed by atoms with Crippen LogP contribution in [-0.2, 0) is 4.79 Å². The Hall–Kier alpha value is -1.88. The van der Waals surface area contributed by atoms with E-state index in [9.17, 15) is 4.79 Å². The number of carbonyl (C=O) groups is 1. The highest BCUT2D eigenvalue weighted by atomic mass is 16.2. The number of para-hydroxylation sites is 1. The summed E-state index contributed by atoms with van der Waals surface area (Å²) in [6, 6.07) is 5.59. The van der Waals surface area contributed by atoms with E-state index in [4.69, 9.17) is 5.73 Å². The molecule has 0 unspecified atom stereocenters. The summed E-state index contributed by atoms with van der Waals surface area (Å²) in [7, 11) is 0. The maximum atomic E-state index is 11.7. The lowest BCUT2D eigenvalue weighted by molar-refractivity contribution is -0.120. The van der Waals surface area contributed by atoms with E-state index in [2.05, 4.69) is 15.5 Å². The van der Waals surface area contributed by atoms with Crippen molar-refractivity contribution >= 4 is 22.5 Å². The zero-order valence-electron chi connectivity index (χ0n) is 9.24. The van der Waals surface area contributed by atoms with Crippen molar-refractivity contribution in [3.8, 4) is 0 Å². The molecule has 0 saturated carbocycles. The van der Waals surface area contributed by atoms with E-state index in [1.165, 1.54) is 0 Å². The highest BCUT2D eigenvalue weighted by Crippen LogP contribution is 2.21. The van der Waals surface area contributed by atoms with E-state index in [1.807, 2.05) is 18.2 Å². The largest absolute Gasteiger partial charge is 0.323 e. The molecule has 0 aliphatic carbocycles. The molecule has 16 heavy (non-hydrogen) atoms. The van der Waals surface area contributed by atoms with Crippen LogP contribution in [0.2, 0.25) is 0 Å². The predicted octanol–water partition coefficient (Wildman–Crippen LogP) is 1.24. The van der Waals surface area contributed by atoms with Crippen LogP contribution in [0.3, 0.4) is 0 Å². The van der Waals surface area contributed by atoms with Crippen LogP contribution in [0.4, 0.5) is 5.69 Å². The number of rotatable bonds is 2. The van der Waals surface area contributed by atoms with Gasteiger partial charge in [-0.25, -0.2) is 0 Å². The molecular formula is C11H14N4O. The van der Waals surface area contributed by atoms with Gasteiger partial charge in [0, 0.05) is 5.39 Å². The molecule has 1 aromatic carbocycles. The first-order chi connectivity index (χ1) is 7.48. The quantitative estimate of drug-likeness (QED) is 0.709. The number of H-pyrrole nitrogens is 1. The molecule has 4 N–H and O–H groups in total. The van der Waals surface area contributed by atoms with Gasteiger partial charge in [-0.3, -0.25) is 9.89 Å². The van der Waals surface area contributed by atoms with Gasteiger partial charge in [-0.1, -0.05) is 12.1 Å². The molecule has 0 saturated heterocycles. The molecule has 0 radical (unpaired) electrons. The van der Waals surface area contributed by atoms with E-state index >= 15 is 0 Å². The third-order valence-electron chi connectivity index (χ3n) is 2.31. The summed E-state index contributed by atoms with van der Waals surface area (Å²) in [4.78, 5) is 11.7. The number of hydrogen-bond donors (Lipinski definition) is 3. The van der Waals surface area contributed by atoms with Crippen molar-refractivity contribution in [2.24, 2.45) is 5.73 Å². The second-order valence-electron chi connectivity index (χ2n) is 4.32. The minimum Gasteiger partial charge on any atom is -0.323 e. The molecule has 0 aliphatic heterocycles. The number of nitrogens with one attached hydrogen (secondary N) is 2. The molecular weight excluding hydrogens is 204 g/mol. The van der Waals surface area contributed by atoms with Crippen LogP contribution < -0.4 is 11.1 Å². The number of carbonyl (C=O) groups excluding carboxylic acids is 1. The summed E-state index contributed by atoms with van der Waals surface area (Å²) in [5, 5.41) is 10.5. The summed E-state index contributed by atoms with van der Waals surface area (Å²) in [5.41, 5.74) is 6.31. The minimum absolute atomic E-state index is 0.227. The zero-order chi connectivity index (χ0) is 11.8. The maximum absolute atomic E-state index is 11.7. The van der Waals surface area contributed by atoms with E-state index < -0.39 is 5.54 Å². The van der Waals surface area contributed by atoms with E-state index in [0.717, 1.165) is 10.9 Å². The van der Waals surface area contributed by atoms with Gasteiger partial charge in [0.15, 0.2) is 0 Å². The van der Waals surface area contributed by atoms with Crippen LogP contribution in [0.25, 0.3) is 10.9 Å². The van der Waals surface area contributed by atoms with Crippen molar-refractivity contribution in [1.82, 2.24) is 10.2 Å². The molecule has 0 fully saturated rings. The summed E-state index contributed by atoms with van der Waals surface area (Å²) in [6.07, 6.45) is 1.71. The Balaban J connectivity index is 2.35. The smallest absolute Gasteiger partial charge is 0.243 e. The lowest BCUT2D eigenvalue weighted by atomic mass is 10.1. The Morgan fingerprint density at radius 3 is 2.94 bits per heavy atom. The number of anilines is 1. The number of hydrogen-bond acceptors (Lipinski definition) is 3. The van der Waals surface area contributed by atoms with Crippen molar-refractivity contribution in [3.05, 3.63) is 24.4 Å². The van der Waals surface area contributed by atoms with Gasteiger partial charge < -0.3 is 11.1 Å². The van der Waals surface area contributed by atoms with Crippen molar-refractivity contribution < 1.29 is 4.79 Å². The number of nitrogens with zero attached hydrogens (tertiary/aromatic N) is 1. The lowest BCUT2D eigenvalue weighted by Gasteiger charge is -2.17. The van der Waals surface area contributed by atoms with Crippen LogP contribution in [0, 0.1) is 0 Å². The van der Waals surface area contributed by atoms with Crippen LogP contribution in [0.5, 0.6) is 0 Å². The van der Waals surface area contributed by atoms with Gasteiger partial charge in [-0.05, 0) is 19.9 Å². The van der Waals surface area contributed by atoms with Crippen molar-refractivity contribution in [1.29, 1.82) is 0 Å². The fraction of sp³-hybridized carbons (Fsp3) is 0.273. The molecule has 5 heteroatoms. The second kappa shape index (κ2) is 3.61. The molecule has 0 spiro atoms. The number of fused-ring (bicyclic) bond motifs is 1. The monoisotopic (exact) mass is 218 g/mol. The average Bonchev–Trinajstić information content (AvgIpc) is 2.65. The summed E-state index contributed by atoms with van der Waals surface area (Å²) >= 11 is 0. The number of aromatic amines is 1. The van der Waals surface area contributed by atoms with Gasteiger partial charge >= 0.3 is 0 Å². The van der Waals surface area contributed by atoms with E-state index in [1.54, 1.807) is 20.0 Å². The average molecular weight is 218 g/mol. The van der Waals surface area contributed by atoms with Crippen LogP contribution in [-0.4, -0.2) is 21.6 Å². The second-order valence-corrected chi connectivity index (χ2v) is 4.32. The number of aromatic nitrogens is 2. The number of amides is 1. The Labute approximate surface area is 93.0 Å². The standard InChI is InChI=1S/C11H14N4O/c1-11(2,12)10(16)14-8-5-3-4-7-6-13-15-9(7)8/h3-6H,12H2,1-2H3,(H,13,15)(H,14,16). The highest BCUT2D eigenvalue weighted by molar-refractivity contribution is 6.03. The fourth-order valence-electron chi connectivity index (χ4n) is 1.36. The molecule has 0 atom stereocenters. The van der Waals surface area contributed by atoms with Crippen molar-refractivity contribution in [2.75, 3.05) is 5.32 Å². The highest BCUT2D eigenvalue weighted by Gasteiger charge is 2.22. The van der Waals surface area contributed by atoms with Gasteiger partial charge in [0.1, 0.15) is 0 Å². The van der Waals surface area contributed by atoms with Crippen LogP contribution >= 0.6 is 0 Å². The Bertz CT molecular complexity index is 524. The Morgan fingerprint density at radius 1 is 1.50 bits per heavy atom. The van der Waals surface area contributed by atoms with Crippen LogP contribution in [0.15, 0.2) is 24.4 Å². The number of nitrogens with two attached hydrogens (primary N) is 1. The third kappa shape index (κ3) is 1.90. The molecule has 84 valence electrons. The molecule has 0 bridgehead atoms. The molecule has 1 aromatic heterocycles. The topological polar surface area (TPSA) is 83.8 Å². The van der Waals surface area contributed by atoms with Crippen LogP contribution in [0.1, 0.15) is 13.8 Å². The number of benzene rings is 1. The van der Waals surface area contributed by atoms with E-state index in [-0.39, 0.29) is 5.91 Å². The van der Waals surface area contributed by atoms with Gasteiger partial charge in [-0.15, -0.1) is 0 Å². The minimum atomic E-state index is -0.901. The third-order valence-corrected chi connectivity index (χ3v) is 2.31. The lowest BCUT2D eigenvalue weighted by Crippen LogP contribution is -2.45. The first-order valence-electron chi connectivity index (χ1n) is 5.01. The van der Waals surface area contributed by atoms with Crippen molar-refractivity contribution in [3.63, 3.8) is 0 Å². The van der Waals surface area contributed by atoms with Gasteiger partial charge in [0.25, 0.3) is 0 Å². The first-order valence-corrected chi connectivity index (χ1v) is 5.01. The fourth-order valence-corrected chi connectivity index (χ4v) is 1.36. The molecule has 0 aliphatic rings. The normalized spacial score (nSPS) is 11.7. The first kappa shape index (κ1) is 10.6. The van der Waals surface area contributed by atoms with Gasteiger partial charge in [0.2, 0.25) is 5.91 Å². The van der Waals surface area contributed by atoms with Crippen molar-refractivity contribution in [2.45, 2.75) is 19.4 Å². The molecule has 1 heterocycles. The molecule has 2 rings (SSSR count). The Kier molecular flexibility index (Phi) is 2.40. The molecule has 2 aromatic rings. The summed E-state index contributed by atoms with van der Waals surface area (Å²) in [5.74, 6) is -0.227. The maximum Gasteiger partial charge on any atom is 0.243 e. The van der Waals surface area contributed by atoms with E-state index in [0.29, 0.717) is 5.69 Å². The summed E-state index contributed by atoms with van der Waals surface area (Å²) in [6.45, 7) is 3.32. The predicted molar refractivity (Wildman–Crippen MR) is 63.0 cm³/mol. The van der Waals surface area contributed by atoms with Gasteiger partial charge in [-0.2, -0.15) is 5.10 Å². The molecule has 1 amide bonds.